The molecule has 0 amide bonds. The number of esters is 1. The lowest BCUT2D eigenvalue weighted by atomic mass is 10.0. The van der Waals surface area contributed by atoms with Crippen LogP contribution in [0.25, 0.3) is 0 Å². The van der Waals surface area contributed by atoms with Crippen LogP contribution in [-0.2, 0) is 14.3 Å². The van der Waals surface area contributed by atoms with Gasteiger partial charge < -0.3 is 9.47 Å². The van der Waals surface area contributed by atoms with Crippen LogP contribution in [0.15, 0.2) is 0 Å². The summed E-state index contributed by atoms with van der Waals surface area (Å²) in [6.45, 7) is 6.59. The molecule has 2 atom stereocenters. The predicted octanol–water partition coefficient (Wildman–Crippen LogP) is 2.61. The molecular formula is C18H29NO3. The second-order valence-electron chi connectivity index (χ2n) is 6.31. The van der Waals surface area contributed by atoms with Gasteiger partial charge in [0.15, 0.2) is 0 Å². The van der Waals surface area contributed by atoms with Gasteiger partial charge in [-0.05, 0) is 32.4 Å². The first-order valence-corrected chi connectivity index (χ1v) is 8.76. The Balaban J connectivity index is 1.62. The van der Waals surface area contributed by atoms with Gasteiger partial charge in [-0.1, -0.05) is 25.7 Å². The average molecular weight is 307 g/mol. The molecule has 2 rings (SSSR count). The first-order valence-electron chi connectivity index (χ1n) is 8.76. The van der Waals surface area contributed by atoms with Crippen molar-refractivity contribution in [3.8, 4) is 11.8 Å². The zero-order valence-electron chi connectivity index (χ0n) is 13.8. The van der Waals surface area contributed by atoms with Gasteiger partial charge >= 0.3 is 5.97 Å². The predicted molar refractivity (Wildman–Crippen MR) is 86.4 cm³/mol. The topological polar surface area (TPSA) is 38.8 Å². The van der Waals surface area contributed by atoms with Crippen molar-refractivity contribution in [2.75, 3.05) is 32.8 Å². The monoisotopic (exact) mass is 307 g/mol. The minimum absolute atomic E-state index is 0.0615. The lowest BCUT2D eigenvalue weighted by Crippen LogP contribution is -2.29. The lowest BCUT2D eigenvalue weighted by molar-refractivity contribution is -0.146. The van der Waals surface area contributed by atoms with E-state index in [1.807, 2.05) is 0 Å². The maximum absolute atomic E-state index is 11.8. The maximum atomic E-state index is 11.8. The second-order valence-corrected chi connectivity index (χ2v) is 6.31. The van der Waals surface area contributed by atoms with Crippen LogP contribution < -0.4 is 0 Å². The van der Waals surface area contributed by atoms with Gasteiger partial charge in [-0.25, -0.2) is 0 Å². The zero-order valence-corrected chi connectivity index (χ0v) is 13.8. The van der Waals surface area contributed by atoms with Crippen molar-refractivity contribution in [2.24, 2.45) is 5.92 Å². The number of hydrogen-bond acceptors (Lipinski definition) is 4. The molecule has 2 heterocycles. The van der Waals surface area contributed by atoms with Crippen LogP contribution in [-0.4, -0.2) is 49.8 Å². The molecule has 0 aromatic rings. The molecule has 0 radical (unpaired) electrons. The Bertz CT molecular complexity index is 393. The number of ether oxygens (including phenoxy) is 2. The zero-order chi connectivity index (χ0) is 15.6. The van der Waals surface area contributed by atoms with Crippen LogP contribution in [0, 0.1) is 17.8 Å². The lowest BCUT2D eigenvalue weighted by Gasteiger charge is -2.23. The summed E-state index contributed by atoms with van der Waals surface area (Å²) in [5, 5.41) is 0. The number of hydrogen-bond donors (Lipinski definition) is 0. The molecule has 0 saturated carbocycles. The fraction of sp³-hybridized carbons (Fsp3) is 0.833. The van der Waals surface area contributed by atoms with Crippen LogP contribution in [0.3, 0.4) is 0 Å². The molecule has 2 saturated heterocycles. The van der Waals surface area contributed by atoms with E-state index in [1.54, 1.807) is 0 Å². The van der Waals surface area contributed by atoms with Crippen molar-refractivity contribution in [3.63, 3.8) is 0 Å². The normalized spacial score (nSPS) is 25.6. The number of carbonyl (C=O) groups excluding carboxylic acids is 1. The molecule has 4 heteroatoms. The quantitative estimate of drug-likeness (QED) is 0.412. The summed E-state index contributed by atoms with van der Waals surface area (Å²) in [5.74, 6) is 6.22. The Morgan fingerprint density at radius 3 is 2.86 bits per heavy atom. The Morgan fingerprint density at radius 1 is 1.27 bits per heavy atom. The number of nitrogens with zero attached hydrogens (tertiary/aromatic N) is 1. The Kier molecular flexibility index (Phi) is 7.76. The van der Waals surface area contributed by atoms with Crippen molar-refractivity contribution in [2.45, 2.75) is 58.0 Å². The number of piperidine rings is 1. The summed E-state index contributed by atoms with van der Waals surface area (Å²) in [5.41, 5.74) is 0. The van der Waals surface area contributed by atoms with Gasteiger partial charge in [-0.15, -0.1) is 5.92 Å². The van der Waals surface area contributed by atoms with Gasteiger partial charge in [0.1, 0.15) is 6.10 Å². The molecule has 22 heavy (non-hydrogen) atoms. The van der Waals surface area contributed by atoms with Gasteiger partial charge in [0.2, 0.25) is 0 Å². The van der Waals surface area contributed by atoms with Crippen molar-refractivity contribution < 1.29 is 14.3 Å². The Labute approximate surface area is 134 Å². The highest BCUT2D eigenvalue weighted by Crippen LogP contribution is 2.24. The summed E-state index contributed by atoms with van der Waals surface area (Å²) < 4.78 is 10.9. The molecule has 124 valence electrons. The summed E-state index contributed by atoms with van der Waals surface area (Å²) in [4.78, 5) is 14.2. The largest absolute Gasteiger partial charge is 0.460 e. The van der Waals surface area contributed by atoms with Gasteiger partial charge in [-0.2, -0.15) is 0 Å². The summed E-state index contributed by atoms with van der Waals surface area (Å²) >= 11 is 0. The fourth-order valence-corrected chi connectivity index (χ4v) is 2.93. The first kappa shape index (κ1) is 17.3. The van der Waals surface area contributed by atoms with E-state index in [2.05, 4.69) is 23.7 Å². The molecular weight excluding hydrogens is 278 g/mol. The minimum Gasteiger partial charge on any atom is -0.460 e. The number of cyclic esters (lactones) is 1. The summed E-state index contributed by atoms with van der Waals surface area (Å²) in [6, 6.07) is 0. The summed E-state index contributed by atoms with van der Waals surface area (Å²) in [7, 11) is 0. The molecule has 0 bridgehead atoms. The molecule has 0 unspecified atom stereocenters. The molecule has 2 aliphatic rings. The van der Waals surface area contributed by atoms with Crippen molar-refractivity contribution in [1.29, 1.82) is 0 Å². The third kappa shape index (κ3) is 5.98. The highest BCUT2D eigenvalue weighted by molar-refractivity contribution is 5.75. The van der Waals surface area contributed by atoms with E-state index in [0.29, 0.717) is 13.0 Å². The van der Waals surface area contributed by atoms with Crippen LogP contribution in [0.5, 0.6) is 0 Å². The van der Waals surface area contributed by atoms with Gasteiger partial charge in [0, 0.05) is 19.4 Å². The van der Waals surface area contributed by atoms with Crippen molar-refractivity contribution in [1.82, 2.24) is 4.90 Å². The van der Waals surface area contributed by atoms with Crippen LogP contribution in [0.2, 0.25) is 0 Å². The van der Waals surface area contributed by atoms with Gasteiger partial charge in [0.25, 0.3) is 0 Å². The average Bonchev–Trinajstić information content (AvgIpc) is 2.89. The minimum atomic E-state index is -0.101. The third-order valence-corrected chi connectivity index (χ3v) is 4.33. The van der Waals surface area contributed by atoms with Crippen molar-refractivity contribution >= 4 is 5.97 Å². The third-order valence-electron chi connectivity index (χ3n) is 4.33. The Morgan fingerprint density at radius 2 is 2.09 bits per heavy atom. The number of unbranched alkanes of at least 4 members (excludes halogenated alkanes) is 1. The van der Waals surface area contributed by atoms with E-state index in [0.717, 1.165) is 45.5 Å². The van der Waals surface area contributed by atoms with E-state index in [9.17, 15) is 4.79 Å². The highest BCUT2D eigenvalue weighted by atomic mass is 16.6. The van der Waals surface area contributed by atoms with Crippen LogP contribution in [0.4, 0.5) is 0 Å². The molecule has 0 aliphatic carbocycles. The summed E-state index contributed by atoms with van der Waals surface area (Å²) in [6.07, 6.45) is 7.41. The van der Waals surface area contributed by atoms with E-state index in [1.165, 1.54) is 19.3 Å². The first-order chi connectivity index (χ1) is 10.8. The number of carbonyl (C=O) groups is 1. The van der Waals surface area contributed by atoms with E-state index in [-0.39, 0.29) is 18.0 Å². The molecule has 4 nitrogen and oxygen atoms in total. The molecule has 2 aliphatic heterocycles. The van der Waals surface area contributed by atoms with Crippen LogP contribution >= 0.6 is 0 Å². The highest BCUT2D eigenvalue weighted by Gasteiger charge is 2.33. The van der Waals surface area contributed by atoms with Gasteiger partial charge in [0.05, 0.1) is 19.1 Å². The van der Waals surface area contributed by atoms with Crippen molar-refractivity contribution in [3.05, 3.63) is 0 Å². The number of rotatable bonds is 7. The Hall–Kier alpha value is -1.05. The van der Waals surface area contributed by atoms with E-state index < -0.39 is 0 Å². The van der Waals surface area contributed by atoms with Crippen LogP contribution in [0.1, 0.15) is 51.9 Å². The van der Waals surface area contributed by atoms with E-state index in [4.69, 9.17) is 9.47 Å². The maximum Gasteiger partial charge on any atom is 0.310 e. The van der Waals surface area contributed by atoms with Gasteiger partial charge in [-0.3, -0.25) is 9.69 Å². The fourth-order valence-electron chi connectivity index (χ4n) is 2.93. The standard InChI is InChI=1S/C18H29NO3/c1-2-3-13-21-15-17-14-16(18(20)22-17)9-5-8-12-19-10-6-4-7-11-19/h16-17H,2-4,6-7,9-15H2,1H3/t16-,17-/m0/s1. The molecule has 0 N–H and O–H groups in total. The second kappa shape index (κ2) is 9.86. The molecule has 0 spiro atoms. The molecule has 0 aromatic carbocycles. The molecule has 0 aromatic heterocycles. The van der Waals surface area contributed by atoms with E-state index >= 15 is 0 Å². The number of likely N-dealkylation sites (tertiary alicyclic amines) is 1. The smallest absolute Gasteiger partial charge is 0.310 e. The SMILES string of the molecule is CCCCOC[C@@H]1C[C@H](CC#CCN2CCCCC2)C(=O)O1. The molecule has 2 fully saturated rings.